The molecule has 1 heterocycles. The Bertz CT molecular complexity index is 681. The molecular weight excluding hydrogens is 334 g/mol. The second kappa shape index (κ2) is 9.22. The second-order valence-corrected chi connectivity index (χ2v) is 6.90. The number of hydrogen-bond acceptors (Lipinski definition) is 4. The molecule has 0 aliphatic carbocycles. The van der Waals surface area contributed by atoms with Crippen molar-refractivity contribution in [3.63, 3.8) is 0 Å². The van der Waals surface area contributed by atoms with E-state index in [0.29, 0.717) is 30.9 Å². The molecule has 6 heteroatoms. The third-order valence-corrected chi connectivity index (χ3v) is 4.80. The maximum atomic E-state index is 12.4. The minimum absolute atomic E-state index is 0.0469. The van der Waals surface area contributed by atoms with Crippen LogP contribution in [0.5, 0.6) is 0 Å². The van der Waals surface area contributed by atoms with Crippen LogP contribution < -0.4 is 10.2 Å². The molecule has 1 aromatic heterocycles. The first-order valence-corrected chi connectivity index (χ1v) is 9.25. The summed E-state index contributed by atoms with van der Waals surface area (Å²) >= 11 is 1.39. The van der Waals surface area contributed by atoms with E-state index in [9.17, 15) is 9.59 Å². The topological polar surface area (TPSA) is 52.6 Å². The maximum Gasteiger partial charge on any atom is 0.261 e. The van der Waals surface area contributed by atoms with Crippen LogP contribution in [0.25, 0.3) is 0 Å². The summed E-state index contributed by atoms with van der Waals surface area (Å²) in [5, 5.41) is 4.66. The standard InChI is InChI=1S/C19H25N3O2S/c1-4-22(14-15-7-9-16(10-8-15)21(2)3)18(23)11-12-20-19(24)17-6-5-13-25-17/h5-10,13H,4,11-12,14H2,1-3H3,(H,20,24). The monoisotopic (exact) mass is 359 g/mol. The molecule has 25 heavy (non-hydrogen) atoms. The highest BCUT2D eigenvalue weighted by atomic mass is 32.1. The molecule has 0 saturated heterocycles. The fourth-order valence-corrected chi connectivity index (χ4v) is 3.07. The van der Waals surface area contributed by atoms with Crippen molar-refractivity contribution in [3.8, 4) is 0 Å². The Balaban J connectivity index is 1.82. The average molecular weight is 359 g/mol. The lowest BCUT2D eigenvalue weighted by Crippen LogP contribution is -2.34. The Morgan fingerprint density at radius 2 is 1.84 bits per heavy atom. The fraction of sp³-hybridized carbons (Fsp3) is 0.368. The number of rotatable bonds is 8. The van der Waals surface area contributed by atoms with Gasteiger partial charge in [-0.05, 0) is 36.1 Å². The van der Waals surface area contributed by atoms with E-state index in [1.54, 1.807) is 6.07 Å². The average Bonchev–Trinajstić information content (AvgIpc) is 3.14. The minimum Gasteiger partial charge on any atom is -0.378 e. The van der Waals surface area contributed by atoms with Crippen molar-refractivity contribution in [1.29, 1.82) is 0 Å². The van der Waals surface area contributed by atoms with Gasteiger partial charge in [-0.1, -0.05) is 18.2 Å². The summed E-state index contributed by atoms with van der Waals surface area (Å²) in [5.74, 6) is -0.0733. The summed E-state index contributed by atoms with van der Waals surface area (Å²) in [6, 6.07) is 11.8. The molecule has 2 amide bonds. The zero-order valence-corrected chi connectivity index (χ0v) is 15.8. The number of carbonyl (C=O) groups is 2. The molecule has 134 valence electrons. The maximum absolute atomic E-state index is 12.4. The van der Waals surface area contributed by atoms with Crippen molar-refractivity contribution in [1.82, 2.24) is 10.2 Å². The van der Waals surface area contributed by atoms with Gasteiger partial charge >= 0.3 is 0 Å². The van der Waals surface area contributed by atoms with Gasteiger partial charge in [0.25, 0.3) is 5.91 Å². The summed E-state index contributed by atoms with van der Waals surface area (Å²) < 4.78 is 0. The Labute approximate surface area is 153 Å². The van der Waals surface area contributed by atoms with Crippen LogP contribution in [-0.4, -0.2) is 43.9 Å². The van der Waals surface area contributed by atoms with E-state index < -0.39 is 0 Å². The molecule has 2 aromatic rings. The largest absolute Gasteiger partial charge is 0.378 e. The van der Waals surface area contributed by atoms with Crippen molar-refractivity contribution in [2.24, 2.45) is 0 Å². The van der Waals surface area contributed by atoms with Crippen LogP contribution in [0.4, 0.5) is 5.69 Å². The molecule has 0 aliphatic rings. The number of amides is 2. The molecule has 0 aliphatic heterocycles. The van der Waals surface area contributed by atoms with Gasteiger partial charge in [-0.15, -0.1) is 11.3 Å². The van der Waals surface area contributed by atoms with E-state index in [1.165, 1.54) is 11.3 Å². The predicted molar refractivity (Wildman–Crippen MR) is 103 cm³/mol. The zero-order chi connectivity index (χ0) is 18.2. The Morgan fingerprint density at radius 1 is 1.12 bits per heavy atom. The number of nitrogens with one attached hydrogen (secondary N) is 1. The van der Waals surface area contributed by atoms with Gasteiger partial charge in [0.15, 0.2) is 0 Å². The summed E-state index contributed by atoms with van der Waals surface area (Å²) in [7, 11) is 4.00. The van der Waals surface area contributed by atoms with Crippen molar-refractivity contribution in [2.75, 3.05) is 32.1 Å². The first-order valence-electron chi connectivity index (χ1n) is 8.37. The number of thiophene rings is 1. The van der Waals surface area contributed by atoms with Gasteiger partial charge in [-0.3, -0.25) is 9.59 Å². The van der Waals surface area contributed by atoms with Crippen LogP contribution in [0.3, 0.4) is 0 Å². The SMILES string of the molecule is CCN(Cc1ccc(N(C)C)cc1)C(=O)CCNC(=O)c1cccs1. The Morgan fingerprint density at radius 3 is 2.40 bits per heavy atom. The van der Waals surface area contributed by atoms with Crippen LogP contribution in [0, 0.1) is 0 Å². The number of hydrogen-bond donors (Lipinski definition) is 1. The third kappa shape index (κ3) is 5.60. The van der Waals surface area contributed by atoms with E-state index in [2.05, 4.69) is 17.4 Å². The molecule has 0 fully saturated rings. The van der Waals surface area contributed by atoms with E-state index in [4.69, 9.17) is 0 Å². The molecule has 0 spiro atoms. The molecule has 2 rings (SSSR count). The van der Waals surface area contributed by atoms with Gasteiger partial charge in [-0.2, -0.15) is 0 Å². The van der Waals surface area contributed by atoms with Gasteiger partial charge in [0.1, 0.15) is 0 Å². The van der Waals surface area contributed by atoms with Gasteiger partial charge in [0.2, 0.25) is 5.91 Å². The first kappa shape index (κ1) is 19.0. The van der Waals surface area contributed by atoms with Gasteiger partial charge in [-0.25, -0.2) is 0 Å². The van der Waals surface area contributed by atoms with Gasteiger partial charge in [0, 0.05) is 45.8 Å². The van der Waals surface area contributed by atoms with Crippen LogP contribution >= 0.6 is 11.3 Å². The summed E-state index contributed by atoms with van der Waals surface area (Å²) in [5.41, 5.74) is 2.23. The fourth-order valence-electron chi connectivity index (χ4n) is 2.43. The lowest BCUT2D eigenvalue weighted by molar-refractivity contribution is -0.131. The van der Waals surface area contributed by atoms with Crippen molar-refractivity contribution >= 4 is 28.8 Å². The molecule has 0 radical (unpaired) electrons. The lowest BCUT2D eigenvalue weighted by Gasteiger charge is -2.22. The van der Waals surface area contributed by atoms with Crippen molar-refractivity contribution in [3.05, 3.63) is 52.2 Å². The second-order valence-electron chi connectivity index (χ2n) is 5.95. The number of carbonyl (C=O) groups excluding carboxylic acids is 2. The molecular formula is C19H25N3O2S. The number of anilines is 1. The van der Waals surface area contributed by atoms with Crippen molar-refractivity contribution < 1.29 is 9.59 Å². The normalized spacial score (nSPS) is 10.4. The van der Waals surface area contributed by atoms with E-state index in [0.717, 1.165) is 11.3 Å². The van der Waals surface area contributed by atoms with Crippen LogP contribution in [-0.2, 0) is 11.3 Å². The summed E-state index contributed by atoms with van der Waals surface area (Å²) in [4.78, 5) is 28.8. The number of benzene rings is 1. The Kier molecular flexibility index (Phi) is 7.01. The molecule has 0 unspecified atom stereocenters. The zero-order valence-electron chi connectivity index (χ0n) is 15.0. The molecule has 1 N–H and O–H groups in total. The quantitative estimate of drug-likeness (QED) is 0.788. The highest BCUT2D eigenvalue weighted by molar-refractivity contribution is 7.12. The minimum atomic E-state index is -0.120. The van der Waals surface area contributed by atoms with Gasteiger partial charge < -0.3 is 15.1 Å². The van der Waals surface area contributed by atoms with Crippen LogP contribution in [0.1, 0.15) is 28.6 Å². The van der Waals surface area contributed by atoms with Crippen LogP contribution in [0.15, 0.2) is 41.8 Å². The Hall–Kier alpha value is -2.34. The molecule has 0 bridgehead atoms. The van der Waals surface area contributed by atoms with Gasteiger partial charge in [0.05, 0.1) is 4.88 Å². The van der Waals surface area contributed by atoms with Crippen LogP contribution in [0.2, 0.25) is 0 Å². The molecule has 5 nitrogen and oxygen atoms in total. The van der Waals surface area contributed by atoms with E-state index in [-0.39, 0.29) is 11.8 Å². The highest BCUT2D eigenvalue weighted by Gasteiger charge is 2.13. The predicted octanol–water partition coefficient (Wildman–Crippen LogP) is 2.98. The molecule has 1 aromatic carbocycles. The van der Waals surface area contributed by atoms with E-state index in [1.807, 2.05) is 54.4 Å². The summed E-state index contributed by atoms with van der Waals surface area (Å²) in [6.45, 7) is 3.55. The third-order valence-electron chi connectivity index (χ3n) is 3.93. The highest BCUT2D eigenvalue weighted by Crippen LogP contribution is 2.14. The van der Waals surface area contributed by atoms with Crippen molar-refractivity contribution in [2.45, 2.75) is 19.9 Å². The lowest BCUT2D eigenvalue weighted by atomic mass is 10.2. The number of nitrogens with zero attached hydrogens (tertiary/aromatic N) is 2. The molecule has 0 saturated carbocycles. The summed E-state index contributed by atoms with van der Waals surface area (Å²) in [6.07, 6.45) is 0.306. The first-order chi connectivity index (χ1) is 12.0. The smallest absolute Gasteiger partial charge is 0.261 e. The molecule has 0 atom stereocenters. The van der Waals surface area contributed by atoms with E-state index >= 15 is 0 Å².